The lowest BCUT2D eigenvalue weighted by molar-refractivity contribution is -0.138. The highest BCUT2D eigenvalue weighted by Crippen LogP contribution is 1.90. The van der Waals surface area contributed by atoms with Crippen molar-refractivity contribution in [2.45, 2.75) is 13.0 Å². The summed E-state index contributed by atoms with van der Waals surface area (Å²) in [7, 11) is 0. The average molecular weight is 211 g/mol. The van der Waals surface area contributed by atoms with Crippen LogP contribution in [0.2, 0.25) is 0 Å². The minimum atomic E-state index is -1.15. The van der Waals surface area contributed by atoms with Gasteiger partial charge in [-0.25, -0.2) is 5.10 Å². The molecule has 7 nitrogen and oxygen atoms in total. The Bertz CT molecular complexity index is 419. The van der Waals surface area contributed by atoms with Gasteiger partial charge in [-0.15, -0.1) is 0 Å². The maximum Gasteiger partial charge on any atom is 0.325 e. The molecule has 1 atom stereocenters. The van der Waals surface area contributed by atoms with E-state index >= 15 is 0 Å². The second-order valence-electron chi connectivity index (χ2n) is 2.84. The van der Waals surface area contributed by atoms with E-state index in [-0.39, 0.29) is 5.69 Å². The fourth-order valence-electron chi connectivity index (χ4n) is 0.803. The SMILES string of the molecule is C[C@@H](NC(=O)c1ccc(=O)[nH]n1)C(=O)O. The number of H-pyrrole nitrogens is 1. The topological polar surface area (TPSA) is 112 Å². The first-order valence-electron chi connectivity index (χ1n) is 4.10. The normalized spacial score (nSPS) is 11.8. The zero-order chi connectivity index (χ0) is 11.4. The molecular formula is C8H9N3O4. The summed E-state index contributed by atoms with van der Waals surface area (Å²) in [6, 6.07) is 1.34. The summed E-state index contributed by atoms with van der Waals surface area (Å²) in [5, 5.41) is 16.2. The molecule has 7 heteroatoms. The van der Waals surface area contributed by atoms with Crippen LogP contribution in [0.4, 0.5) is 0 Å². The van der Waals surface area contributed by atoms with Gasteiger partial charge in [0.05, 0.1) is 0 Å². The molecule has 1 heterocycles. The molecule has 1 amide bonds. The molecule has 1 rings (SSSR count). The number of hydrogen-bond acceptors (Lipinski definition) is 4. The van der Waals surface area contributed by atoms with Crippen LogP contribution in [0.1, 0.15) is 17.4 Å². The van der Waals surface area contributed by atoms with Crippen LogP contribution in [-0.2, 0) is 4.79 Å². The van der Waals surface area contributed by atoms with Gasteiger partial charge in [0, 0.05) is 6.07 Å². The molecule has 0 aliphatic carbocycles. The first-order valence-corrected chi connectivity index (χ1v) is 4.10. The number of carboxylic acid groups (broad SMARTS) is 1. The smallest absolute Gasteiger partial charge is 0.325 e. The zero-order valence-corrected chi connectivity index (χ0v) is 7.85. The van der Waals surface area contributed by atoms with Crippen molar-refractivity contribution in [3.8, 4) is 0 Å². The molecule has 0 bridgehead atoms. The molecule has 0 unspecified atom stereocenters. The van der Waals surface area contributed by atoms with Gasteiger partial charge in [-0.2, -0.15) is 5.10 Å². The third-order valence-corrected chi connectivity index (χ3v) is 1.63. The van der Waals surface area contributed by atoms with Crippen LogP contribution in [0.25, 0.3) is 0 Å². The summed E-state index contributed by atoms with van der Waals surface area (Å²) < 4.78 is 0. The first kappa shape index (κ1) is 10.9. The number of carbonyl (C=O) groups is 2. The first-order chi connectivity index (χ1) is 7.00. The Hall–Kier alpha value is -2.18. The molecule has 0 saturated heterocycles. The minimum absolute atomic E-state index is 0.0392. The van der Waals surface area contributed by atoms with Crippen LogP contribution in [-0.4, -0.2) is 33.2 Å². The Morgan fingerprint density at radius 2 is 2.20 bits per heavy atom. The molecule has 0 saturated carbocycles. The van der Waals surface area contributed by atoms with Gasteiger partial charge in [0.1, 0.15) is 11.7 Å². The summed E-state index contributed by atoms with van der Waals surface area (Å²) in [6.07, 6.45) is 0. The molecule has 1 aromatic heterocycles. The van der Waals surface area contributed by atoms with Crippen molar-refractivity contribution in [2.24, 2.45) is 0 Å². The second-order valence-corrected chi connectivity index (χ2v) is 2.84. The van der Waals surface area contributed by atoms with Gasteiger partial charge in [0.15, 0.2) is 0 Å². The van der Waals surface area contributed by atoms with Crippen molar-refractivity contribution in [1.82, 2.24) is 15.5 Å². The number of carbonyl (C=O) groups excluding carboxylic acids is 1. The van der Waals surface area contributed by atoms with Gasteiger partial charge in [-0.1, -0.05) is 0 Å². The molecule has 80 valence electrons. The highest BCUT2D eigenvalue weighted by molar-refractivity contribution is 5.94. The molecule has 0 fully saturated rings. The fourth-order valence-corrected chi connectivity index (χ4v) is 0.803. The predicted molar refractivity (Wildman–Crippen MR) is 49.4 cm³/mol. The molecule has 0 radical (unpaired) electrons. The van der Waals surface area contributed by atoms with Crippen LogP contribution in [0.5, 0.6) is 0 Å². The summed E-state index contributed by atoms with van der Waals surface area (Å²) in [4.78, 5) is 32.4. The van der Waals surface area contributed by atoms with Gasteiger partial charge in [0.2, 0.25) is 0 Å². The van der Waals surface area contributed by atoms with E-state index < -0.39 is 23.5 Å². The van der Waals surface area contributed by atoms with E-state index in [1.54, 1.807) is 0 Å². The van der Waals surface area contributed by atoms with E-state index in [9.17, 15) is 14.4 Å². The Kier molecular flexibility index (Phi) is 3.17. The van der Waals surface area contributed by atoms with Crippen LogP contribution in [0, 0.1) is 0 Å². The summed E-state index contributed by atoms with van der Waals surface area (Å²) in [6.45, 7) is 1.33. The van der Waals surface area contributed by atoms with Crippen molar-refractivity contribution in [3.63, 3.8) is 0 Å². The van der Waals surface area contributed by atoms with Crippen LogP contribution < -0.4 is 10.9 Å². The molecule has 3 N–H and O–H groups in total. The molecule has 1 aromatic rings. The van der Waals surface area contributed by atoms with Gasteiger partial charge < -0.3 is 10.4 Å². The van der Waals surface area contributed by atoms with Crippen molar-refractivity contribution in [3.05, 3.63) is 28.2 Å². The average Bonchev–Trinajstić information content (AvgIpc) is 2.18. The minimum Gasteiger partial charge on any atom is -0.480 e. The number of aromatic amines is 1. The molecular weight excluding hydrogens is 202 g/mol. The molecule has 0 aliphatic rings. The molecule has 0 aliphatic heterocycles. The zero-order valence-electron chi connectivity index (χ0n) is 7.85. The van der Waals surface area contributed by atoms with Gasteiger partial charge in [-0.3, -0.25) is 14.4 Å². The van der Waals surface area contributed by atoms with E-state index in [2.05, 4.69) is 15.5 Å². The van der Waals surface area contributed by atoms with Crippen LogP contribution >= 0.6 is 0 Å². The molecule has 15 heavy (non-hydrogen) atoms. The van der Waals surface area contributed by atoms with E-state index in [0.717, 1.165) is 6.07 Å². The van der Waals surface area contributed by atoms with Gasteiger partial charge >= 0.3 is 5.97 Å². The Morgan fingerprint density at radius 3 is 2.67 bits per heavy atom. The highest BCUT2D eigenvalue weighted by atomic mass is 16.4. The van der Waals surface area contributed by atoms with Gasteiger partial charge in [-0.05, 0) is 13.0 Å². The maximum atomic E-state index is 11.3. The lowest BCUT2D eigenvalue weighted by Crippen LogP contribution is -2.39. The van der Waals surface area contributed by atoms with E-state index in [1.165, 1.54) is 13.0 Å². The Labute approximate surface area is 84.1 Å². The highest BCUT2D eigenvalue weighted by Gasteiger charge is 2.15. The molecule has 0 spiro atoms. The quantitative estimate of drug-likeness (QED) is 0.592. The predicted octanol–water partition coefficient (Wildman–Crippen LogP) is -1.03. The number of nitrogens with zero attached hydrogens (tertiary/aromatic N) is 1. The lowest BCUT2D eigenvalue weighted by Gasteiger charge is -2.07. The van der Waals surface area contributed by atoms with E-state index in [1.807, 2.05) is 0 Å². The largest absolute Gasteiger partial charge is 0.480 e. The van der Waals surface area contributed by atoms with Crippen molar-refractivity contribution in [2.75, 3.05) is 0 Å². The number of hydrogen-bond donors (Lipinski definition) is 3. The number of aromatic nitrogens is 2. The van der Waals surface area contributed by atoms with Crippen LogP contribution in [0.15, 0.2) is 16.9 Å². The maximum absolute atomic E-state index is 11.3. The van der Waals surface area contributed by atoms with E-state index in [4.69, 9.17) is 5.11 Å². The summed E-state index contributed by atoms with van der Waals surface area (Å²) in [5.41, 5.74) is -0.472. The summed E-state index contributed by atoms with van der Waals surface area (Å²) >= 11 is 0. The number of aliphatic carboxylic acids is 1. The number of amides is 1. The lowest BCUT2D eigenvalue weighted by atomic mass is 10.3. The Balaban J connectivity index is 2.73. The van der Waals surface area contributed by atoms with Crippen molar-refractivity contribution >= 4 is 11.9 Å². The number of nitrogens with one attached hydrogen (secondary N) is 2. The standard InChI is InChI=1S/C8H9N3O4/c1-4(8(14)15)9-7(13)5-2-3-6(12)11-10-5/h2-4H,1H3,(H,9,13)(H,11,12)(H,14,15)/t4-/m1/s1. The van der Waals surface area contributed by atoms with Crippen LogP contribution in [0.3, 0.4) is 0 Å². The van der Waals surface area contributed by atoms with Crippen molar-refractivity contribution < 1.29 is 14.7 Å². The van der Waals surface area contributed by atoms with E-state index in [0.29, 0.717) is 0 Å². The third kappa shape index (κ3) is 2.90. The number of carboxylic acids is 1. The fraction of sp³-hybridized carbons (Fsp3) is 0.250. The van der Waals surface area contributed by atoms with Crippen molar-refractivity contribution in [1.29, 1.82) is 0 Å². The monoisotopic (exact) mass is 211 g/mol. The third-order valence-electron chi connectivity index (χ3n) is 1.63. The van der Waals surface area contributed by atoms with Gasteiger partial charge in [0.25, 0.3) is 11.5 Å². The number of rotatable bonds is 3. The summed E-state index contributed by atoms with van der Waals surface area (Å²) in [5.74, 6) is -1.80. The second kappa shape index (κ2) is 4.36. The Morgan fingerprint density at radius 1 is 1.53 bits per heavy atom. The molecule has 0 aromatic carbocycles.